The van der Waals surface area contributed by atoms with Crippen molar-refractivity contribution in [1.82, 2.24) is 5.32 Å². The van der Waals surface area contributed by atoms with Crippen LogP contribution >= 0.6 is 0 Å². The Hall–Kier alpha value is -3.21. The minimum Gasteiger partial charge on any atom is -0.453 e. The summed E-state index contributed by atoms with van der Waals surface area (Å²) in [5.41, 5.74) is 2.31. The van der Waals surface area contributed by atoms with Crippen molar-refractivity contribution < 1.29 is 19.1 Å². The number of aryl methyl sites for hydroxylation is 1. The summed E-state index contributed by atoms with van der Waals surface area (Å²) >= 11 is 0. The van der Waals surface area contributed by atoms with Crippen LogP contribution in [-0.4, -0.2) is 24.3 Å². The molecule has 26 heavy (non-hydrogen) atoms. The van der Waals surface area contributed by atoms with E-state index in [1.165, 1.54) is 13.0 Å². The van der Waals surface area contributed by atoms with Gasteiger partial charge in [-0.2, -0.15) is 0 Å². The zero-order chi connectivity index (χ0) is 18.9. The van der Waals surface area contributed by atoms with Crippen LogP contribution < -0.4 is 5.32 Å². The number of hydrogen-bond donors (Lipinski definition) is 1. The predicted octanol–water partition coefficient (Wildman–Crippen LogP) is 3.15. The average Bonchev–Trinajstić information content (AvgIpc) is 2.66. The van der Waals surface area contributed by atoms with Crippen molar-refractivity contribution >= 4 is 23.7 Å². The fourth-order valence-electron chi connectivity index (χ4n) is 2.27. The van der Waals surface area contributed by atoms with Crippen molar-refractivity contribution in [2.24, 2.45) is 0 Å². The fraction of sp³-hybridized carbons (Fsp3) is 0.190. The third-order valence-electron chi connectivity index (χ3n) is 3.66. The SMILES string of the molecule is CCc1ccc(C(=O)COC(=O)/C(=C/c2ccccc2)NC(C)=O)cc1. The topological polar surface area (TPSA) is 72.5 Å². The molecule has 0 saturated carbocycles. The van der Waals surface area contributed by atoms with Crippen molar-refractivity contribution in [2.45, 2.75) is 20.3 Å². The van der Waals surface area contributed by atoms with E-state index in [9.17, 15) is 14.4 Å². The lowest BCUT2D eigenvalue weighted by Crippen LogP contribution is -2.27. The molecule has 0 spiro atoms. The maximum absolute atomic E-state index is 12.3. The second kappa shape index (κ2) is 9.32. The van der Waals surface area contributed by atoms with Crippen molar-refractivity contribution in [2.75, 3.05) is 6.61 Å². The van der Waals surface area contributed by atoms with E-state index in [1.54, 1.807) is 24.3 Å². The molecule has 0 fully saturated rings. The fourth-order valence-corrected chi connectivity index (χ4v) is 2.27. The van der Waals surface area contributed by atoms with Gasteiger partial charge < -0.3 is 10.1 Å². The number of amides is 1. The minimum atomic E-state index is -0.761. The normalized spacial score (nSPS) is 10.9. The van der Waals surface area contributed by atoms with Crippen LogP contribution in [0, 0.1) is 0 Å². The first kappa shape index (κ1) is 19.1. The number of carbonyl (C=O) groups is 3. The van der Waals surface area contributed by atoms with Crippen molar-refractivity contribution in [3.8, 4) is 0 Å². The molecule has 2 aromatic rings. The highest BCUT2D eigenvalue weighted by Gasteiger charge is 2.15. The molecule has 2 rings (SSSR count). The van der Waals surface area contributed by atoms with E-state index in [4.69, 9.17) is 4.74 Å². The summed E-state index contributed by atoms with van der Waals surface area (Å²) in [6, 6.07) is 16.2. The summed E-state index contributed by atoms with van der Waals surface area (Å²) in [4.78, 5) is 35.8. The second-order valence-corrected chi connectivity index (χ2v) is 5.70. The molecular formula is C21H21NO4. The Bertz CT molecular complexity index is 808. The molecule has 0 aliphatic rings. The Labute approximate surface area is 152 Å². The van der Waals surface area contributed by atoms with Gasteiger partial charge in [-0.1, -0.05) is 61.5 Å². The Balaban J connectivity index is 2.05. The lowest BCUT2D eigenvalue weighted by atomic mass is 10.1. The highest BCUT2D eigenvalue weighted by atomic mass is 16.5. The number of hydrogen-bond acceptors (Lipinski definition) is 4. The van der Waals surface area contributed by atoms with E-state index in [1.807, 2.05) is 37.3 Å². The number of ether oxygens (including phenoxy) is 1. The van der Waals surface area contributed by atoms with Crippen molar-refractivity contribution in [3.63, 3.8) is 0 Å². The first-order valence-corrected chi connectivity index (χ1v) is 8.33. The van der Waals surface area contributed by atoms with Gasteiger partial charge in [-0.25, -0.2) is 4.79 Å². The molecule has 134 valence electrons. The number of nitrogens with one attached hydrogen (secondary N) is 1. The molecule has 0 saturated heterocycles. The molecule has 5 nitrogen and oxygen atoms in total. The van der Waals surface area contributed by atoms with Crippen LogP contribution in [0.3, 0.4) is 0 Å². The predicted molar refractivity (Wildman–Crippen MR) is 99.3 cm³/mol. The van der Waals surface area contributed by atoms with Gasteiger partial charge in [0.05, 0.1) is 0 Å². The number of ketones is 1. The van der Waals surface area contributed by atoms with Crippen molar-refractivity contribution in [1.29, 1.82) is 0 Å². The third kappa shape index (κ3) is 5.70. The molecule has 0 aliphatic heterocycles. The molecule has 0 radical (unpaired) electrons. The highest BCUT2D eigenvalue weighted by Crippen LogP contribution is 2.09. The lowest BCUT2D eigenvalue weighted by Gasteiger charge is -2.09. The first-order valence-electron chi connectivity index (χ1n) is 8.33. The van der Waals surface area contributed by atoms with Gasteiger partial charge in [-0.3, -0.25) is 9.59 Å². The van der Waals surface area contributed by atoms with Gasteiger partial charge in [0.25, 0.3) is 0 Å². The highest BCUT2D eigenvalue weighted by molar-refractivity contribution is 6.01. The van der Waals surface area contributed by atoms with Gasteiger partial charge in [0.1, 0.15) is 5.70 Å². The second-order valence-electron chi connectivity index (χ2n) is 5.70. The molecular weight excluding hydrogens is 330 g/mol. The largest absolute Gasteiger partial charge is 0.453 e. The monoisotopic (exact) mass is 351 g/mol. The van der Waals surface area contributed by atoms with E-state index >= 15 is 0 Å². The number of benzene rings is 2. The van der Waals surface area contributed by atoms with Gasteiger partial charge in [-0.15, -0.1) is 0 Å². The van der Waals surface area contributed by atoms with Gasteiger partial charge in [0, 0.05) is 12.5 Å². The molecule has 1 amide bonds. The average molecular weight is 351 g/mol. The van der Waals surface area contributed by atoms with E-state index in [0.29, 0.717) is 5.56 Å². The van der Waals surface area contributed by atoms with E-state index in [0.717, 1.165) is 17.5 Å². The quantitative estimate of drug-likeness (QED) is 0.472. The molecule has 2 aromatic carbocycles. The lowest BCUT2D eigenvalue weighted by molar-refractivity contribution is -0.139. The molecule has 0 aliphatic carbocycles. The Morgan fingerprint density at radius 3 is 2.23 bits per heavy atom. The number of esters is 1. The van der Waals surface area contributed by atoms with E-state index in [-0.39, 0.29) is 11.5 Å². The Morgan fingerprint density at radius 1 is 1.00 bits per heavy atom. The standard InChI is InChI=1S/C21H21NO4/c1-3-16-9-11-18(12-10-16)20(24)14-26-21(25)19(22-15(2)23)13-17-7-5-4-6-8-17/h4-13H,3,14H2,1-2H3,(H,22,23)/b19-13-. The van der Waals surface area contributed by atoms with Crippen LogP contribution in [0.1, 0.15) is 35.3 Å². The summed E-state index contributed by atoms with van der Waals surface area (Å²) in [5.74, 6) is -1.46. The minimum absolute atomic E-state index is 0.0159. The van der Waals surface area contributed by atoms with Gasteiger partial charge >= 0.3 is 5.97 Å². The van der Waals surface area contributed by atoms with Crippen LogP contribution in [0.5, 0.6) is 0 Å². The molecule has 1 N–H and O–H groups in total. The number of carbonyl (C=O) groups excluding carboxylic acids is 3. The molecule has 0 atom stereocenters. The summed E-state index contributed by atoms with van der Waals surface area (Å²) in [7, 11) is 0. The van der Waals surface area contributed by atoms with Crippen LogP contribution in [-0.2, 0) is 20.7 Å². The summed E-state index contributed by atoms with van der Waals surface area (Å²) in [5, 5.41) is 2.44. The van der Waals surface area contributed by atoms with E-state index < -0.39 is 18.5 Å². The van der Waals surface area contributed by atoms with Crippen LogP contribution in [0.25, 0.3) is 6.08 Å². The van der Waals surface area contributed by atoms with Gasteiger partial charge in [0.15, 0.2) is 12.4 Å². The molecule has 5 heteroatoms. The summed E-state index contributed by atoms with van der Waals surface area (Å²) in [6.45, 7) is 2.93. The van der Waals surface area contributed by atoms with E-state index in [2.05, 4.69) is 5.32 Å². The maximum Gasteiger partial charge on any atom is 0.355 e. The van der Waals surface area contributed by atoms with Gasteiger partial charge in [0.2, 0.25) is 5.91 Å². The third-order valence-corrected chi connectivity index (χ3v) is 3.66. The molecule has 0 unspecified atom stereocenters. The van der Waals surface area contributed by atoms with Crippen LogP contribution in [0.15, 0.2) is 60.3 Å². The Morgan fingerprint density at radius 2 is 1.65 bits per heavy atom. The summed E-state index contributed by atoms with van der Waals surface area (Å²) in [6.07, 6.45) is 2.39. The van der Waals surface area contributed by atoms with Crippen LogP contribution in [0.2, 0.25) is 0 Å². The zero-order valence-electron chi connectivity index (χ0n) is 14.8. The molecule has 0 aromatic heterocycles. The number of Topliss-reactive ketones (excluding diaryl/α,β-unsaturated/α-hetero) is 1. The van der Waals surface area contributed by atoms with Crippen molar-refractivity contribution in [3.05, 3.63) is 77.0 Å². The molecule has 0 bridgehead atoms. The van der Waals surface area contributed by atoms with Crippen LogP contribution in [0.4, 0.5) is 0 Å². The Kier molecular flexibility index (Phi) is 6.85. The maximum atomic E-state index is 12.3. The molecule has 0 heterocycles. The van der Waals surface area contributed by atoms with Gasteiger partial charge in [-0.05, 0) is 23.6 Å². The number of rotatable bonds is 7. The first-order chi connectivity index (χ1) is 12.5. The zero-order valence-corrected chi connectivity index (χ0v) is 14.8. The summed E-state index contributed by atoms with van der Waals surface area (Å²) < 4.78 is 5.08. The smallest absolute Gasteiger partial charge is 0.355 e.